The summed E-state index contributed by atoms with van der Waals surface area (Å²) in [6.07, 6.45) is 0. The number of hydrogen-bond acceptors (Lipinski definition) is 6. The summed E-state index contributed by atoms with van der Waals surface area (Å²) < 4.78 is 8.79. The number of hydrogen-bond donors (Lipinski definition) is 3. The fourth-order valence-electron chi connectivity index (χ4n) is 5.79. The molecule has 5 N–H and O–H groups in total. The maximum absolute atomic E-state index is 13.9. The molecule has 0 radical (unpaired) electrons. The zero-order valence-electron chi connectivity index (χ0n) is 22.0. The van der Waals surface area contributed by atoms with Gasteiger partial charge < -0.3 is 21.3 Å². The number of nitrogens with two attached hydrogens (primary N) is 2. The first kappa shape index (κ1) is 25.1. The van der Waals surface area contributed by atoms with Gasteiger partial charge in [0.1, 0.15) is 22.9 Å². The Balaban J connectivity index is 1.94. The predicted octanol–water partition coefficient (Wildman–Crippen LogP) is 3.48. The third-order valence-corrected chi connectivity index (χ3v) is 7.58. The fraction of sp³-hybridized carbons (Fsp3) is 0.276. The van der Waals surface area contributed by atoms with Crippen molar-refractivity contribution in [3.8, 4) is 17.2 Å². The van der Waals surface area contributed by atoms with Crippen LogP contribution in [-0.4, -0.2) is 25.7 Å². The molecule has 0 saturated carbocycles. The Labute approximate surface area is 218 Å². The molecule has 0 aliphatic carbocycles. The van der Waals surface area contributed by atoms with Crippen LogP contribution in [0.3, 0.4) is 0 Å². The summed E-state index contributed by atoms with van der Waals surface area (Å²) >= 11 is 0. The molecule has 1 amide bonds. The highest BCUT2D eigenvalue weighted by molar-refractivity contribution is 5.99. The fourth-order valence-corrected chi connectivity index (χ4v) is 5.79. The standard InChI is InChI=1S/C29H30N4O5/c1-6-32-27(36)21(25(30)33(28(32)37)18-13-9-11-16-10-7-8-12-17(16)18)22-19-14(2)23(34)15(3)20(26(31)35)24(19)38-29(22,4)5/h7-13,22,34H,6,30H2,1-5H3,(H2,31,35). The highest BCUT2D eigenvalue weighted by Gasteiger charge is 2.49. The van der Waals surface area contributed by atoms with Crippen molar-refractivity contribution < 1.29 is 14.6 Å². The number of nitrogens with zero attached hydrogens (tertiary/aromatic N) is 2. The van der Waals surface area contributed by atoms with E-state index in [0.29, 0.717) is 22.4 Å². The molecule has 9 heteroatoms. The summed E-state index contributed by atoms with van der Waals surface area (Å²) in [5, 5.41) is 12.6. The van der Waals surface area contributed by atoms with Crippen LogP contribution in [0.2, 0.25) is 0 Å². The van der Waals surface area contributed by atoms with Crippen molar-refractivity contribution in [2.45, 2.75) is 52.7 Å². The van der Waals surface area contributed by atoms with E-state index in [1.54, 1.807) is 40.7 Å². The largest absolute Gasteiger partial charge is 0.507 e. The second-order valence-electron chi connectivity index (χ2n) is 10.2. The number of phenols is 1. The van der Waals surface area contributed by atoms with Crippen LogP contribution < -0.4 is 27.5 Å². The molecular formula is C29H30N4O5. The summed E-state index contributed by atoms with van der Waals surface area (Å²) in [6, 6.07) is 13.1. The molecule has 2 heterocycles. The van der Waals surface area contributed by atoms with E-state index in [4.69, 9.17) is 16.2 Å². The van der Waals surface area contributed by atoms with Gasteiger partial charge in [-0.25, -0.2) is 9.36 Å². The molecule has 196 valence electrons. The Morgan fingerprint density at radius 3 is 2.37 bits per heavy atom. The molecule has 0 spiro atoms. The minimum absolute atomic E-state index is 0.0318. The summed E-state index contributed by atoms with van der Waals surface area (Å²) in [5.74, 6) is -1.50. The number of carbonyl (C=O) groups excluding carboxylic acids is 1. The average Bonchev–Trinajstić information content (AvgIpc) is 3.13. The first-order chi connectivity index (χ1) is 17.9. The smallest absolute Gasteiger partial charge is 0.337 e. The first-order valence-electron chi connectivity index (χ1n) is 12.4. The summed E-state index contributed by atoms with van der Waals surface area (Å²) in [6.45, 7) is 8.66. The molecule has 1 aliphatic rings. The SMILES string of the molecule is CCn1c(=O)c(C2c3c(C)c(O)c(C)c(C(N)=O)c3OC2(C)C)c(N)n(-c2cccc3ccccc23)c1=O. The van der Waals surface area contributed by atoms with E-state index < -0.39 is 28.7 Å². The topological polar surface area (TPSA) is 143 Å². The van der Waals surface area contributed by atoms with Crippen molar-refractivity contribution in [1.29, 1.82) is 0 Å². The van der Waals surface area contributed by atoms with Crippen LogP contribution in [0.15, 0.2) is 52.1 Å². The normalized spacial score (nSPS) is 15.9. The van der Waals surface area contributed by atoms with Crippen molar-refractivity contribution in [3.63, 3.8) is 0 Å². The lowest BCUT2D eigenvalue weighted by molar-refractivity contribution is 0.0976. The minimum Gasteiger partial charge on any atom is -0.507 e. The molecule has 5 rings (SSSR count). The number of ether oxygens (including phenoxy) is 1. The maximum atomic E-state index is 13.9. The number of nitrogen functional groups attached to an aromatic ring is 1. The van der Waals surface area contributed by atoms with Crippen LogP contribution in [-0.2, 0) is 6.54 Å². The van der Waals surface area contributed by atoms with Crippen LogP contribution in [0.1, 0.15) is 59.3 Å². The van der Waals surface area contributed by atoms with Gasteiger partial charge in [0.25, 0.3) is 11.5 Å². The molecular weight excluding hydrogens is 484 g/mol. The van der Waals surface area contributed by atoms with Gasteiger partial charge in [-0.2, -0.15) is 0 Å². The van der Waals surface area contributed by atoms with Crippen LogP contribution >= 0.6 is 0 Å². The van der Waals surface area contributed by atoms with Gasteiger partial charge in [0, 0.05) is 23.1 Å². The van der Waals surface area contributed by atoms with Crippen LogP contribution in [0.25, 0.3) is 16.5 Å². The number of anilines is 1. The van der Waals surface area contributed by atoms with E-state index in [1.165, 1.54) is 4.57 Å². The molecule has 1 unspecified atom stereocenters. The van der Waals surface area contributed by atoms with Gasteiger partial charge >= 0.3 is 5.69 Å². The number of phenolic OH excluding ortho intramolecular Hbond substituents is 1. The zero-order chi connectivity index (χ0) is 27.7. The third kappa shape index (κ3) is 3.34. The lowest BCUT2D eigenvalue weighted by atomic mass is 9.78. The lowest BCUT2D eigenvalue weighted by Crippen LogP contribution is -2.45. The molecule has 9 nitrogen and oxygen atoms in total. The summed E-state index contributed by atoms with van der Waals surface area (Å²) in [4.78, 5) is 40.0. The van der Waals surface area contributed by atoms with E-state index >= 15 is 0 Å². The van der Waals surface area contributed by atoms with Crippen molar-refractivity contribution in [2.75, 3.05) is 5.73 Å². The average molecular weight is 515 g/mol. The third-order valence-electron chi connectivity index (χ3n) is 7.58. The van der Waals surface area contributed by atoms with Crippen molar-refractivity contribution >= 4 is 22.5 Å². The van der Waals surface area contributed by atoms with Gasteiger partial charge in [-0.05, 0) is 51.6 Å². The number of amides is 1. The Morgan fingerprint density at radius 2 is 1.71 bits per heavy atom. The van der Waals surface area contributed by atoms with Crippen molar-refractivity contribution in [1.82, 2.24) is 9.13 Å². The maximum Gasteiger partial charge on any atom is 0.337 e. The van der Waals surface area contributed by atoms with E-state index in [1.807, 2.05) is 36.4 Å². The van der Waals surface area contributed by atoms with Crippen LogP contribution in [0.5, 0.6) is 11.5 Å². The number of aromatic hydroxyl groups is 1. The van der Waals surface area contributed by atoms with E-state index in [0.717, 1.165) is 15.3 Å². The first-order valence-corrected chi connectivity index (χ1v) is 12.4. The predicted molar refractivity (Wildman–Crippen MR) is 147 cm³/mol. The van der Waals surface area contributed by atoms with Crippen LogP contribution in [0, 0.1) is 13.8 Å². The molecule has 1 aliphatic heterocycles. The second kappa shape index (κ2) is 8.51. The number of benzene rings is 3. The monoisotopic (exact) mass is 514 g/mol. The highest BCUT2D eigenvalue weighted by atomic mass is 16.5. The molecule has 0 bridgehead atoms. The zero-order valence-corrected chi connectivity index (χ0v) is 22.0. The van der Waals surface area contributed by atoms with Crippen molar-refractivity contribution in [2.24, 2.45) is 5.73 Å². The molecule has 4 aromatic rings. The molecule has 1 aromatic heterocycles. The minimum atomic E-state index is -1.07. The van der Waals surface area contributed by atoms with Gasteiger partial charge in [0.05, 0.1) is 22.7 Å². The Bertz CT molecular complexity index is 1780. The molecule has 38 heavy (non-hydrogen) atoms. The number of primary amides is 1. The lowest BCUT2D eigenvalue weighted by Gasteiger charge is -2.29. The quantitative estimate of drug-likeness (QED) is 0.381. The highest BCUT2D eigenvalue weighted by Crippen LogP contribution is 2.54. The molecule has 0 fully saturated rings. The second-order valence-corrected chi connectivity index (χ2v) is 10.2. The summed E-state index contributed by atoms with van der Waals surface area (Å²) in [5.41, 5.74) is 12.2. The number of carbonyl (C=O) groups is 1. The van der Waals surface area contributed by atoms with Gasteiger partial charge in [-0.1, -0.05) is 36.4 Å². The summed E-state index contributed by atoms with van der Waals surface area (Å²) in [7, 11) is 0. The van der Waals surface area contributed by atoms with E-state index in [2.05, 4.69) is 0 Å². The van der Waals surface area contributed by atoms with Gasteiger partial charge in [-0.3, -0.25) is 14.2 Å². The molecule has 0 saturated heterocycles. The molecule has 1 atom stereocenters. The number of rotatable bonds is 4. The van der Waals surface area contributed by atoms with Gasteiger partial charge in [0.2, 0.25) is 0 Å². The number of fused-ring (bicyclic) bond motifs is 2. The Hall–Kier alpha value is -4.53. The van der Waals surface area contributed by atoms with Gasteiger partial charge in [0.15, 0.2) is 0 Å². The van der Waals surface area contributed by atoms with E-state index in [9.17, 15) is 19.5 Å². The van der Waals surface area contributed by atoms with E-state index in [-0.39, 0.29) is 35.0 Å². The van der Waals surface area contributed by atoms with Crippen molar-refractivity contribution in [3.05, 3.63) is 91.1 Å². The van der Waals surface area contributed by atoms with Crippen LogP contribution in [0.4, 0.5) is 5.82 Å². The number of aromatic nitrogens is 2. The molecule has 3 aromatic carbocycles. The Kier molecular flexibility index (Phi) is 5.63. The van der Waals surface area contributed by atoms with Gasteiger partial charge in [-0.15, -0.1) is 0 Å². The Morgan fingerprint density at radius 1 is 1.05 bits per heavy atom.